The summed E-state index contributed by atoms with van der Waals surface area (Å²) >= 11 is 0. The maximum Gasteiger partial charge on any atom is 0.410 e. The lowest BCUT2D eigenvalue weighted by Crippen LogP contribution is -2.46. The van der Waals surface area contributed by atoms with Gasteiger partial charge in [0.1, 0.15) is 23.3 Å². The molecule has 0 aromatic carbocycles. The van der Waals surface area contributed by atoms with E-state index < -0.39 is 47.4 Å². The van der Waals surface area contributed by atoms with Gasteiger partial charge in [-0.1, -0.05) is 56.4 Å². The van der Waals surface area contributed by atoms with E-state index in [4.69, 9.17) is 14.6 Å². The number of carbonyl (C=O) groups excluding carboxylic acids is 2. The van der Waals surface area contributed by atoms with Crippen LogP contribution in [0.5, 0.6) is 0 Å². The first-order valence-corrected chi connectivity index (χ1v) is 11.6. The normalized spacial score (nSPS) is 13.2. The molecule has 0 aromatic rings. The van der Waals surface area contributed by atoms with Gasteiger partial charge in [0, 0.05) is 7.05 Å². The van der Waals surface area contributed by atoms with Crippen molar-refractivity contribution in [1.29, 1.82) is 0 Å². The van der Waals surface area contributed by atoms with Crippen molar-refractivity contribution in [3.63, 3.8) is 0 Å². The molecule has 10 heteroatoms. The third kappa shape index (κ3) is 23.6. The molecule has 0 bridgehead atoms. The molecular formula is C27H56N2O8. The molecule has 37 heavy (non-hydrogen) atoms. The highest BCUT2D eigenvalue weighted by Gasteiger charge is 2.33. The van der Waals surface area contributed by atoms with E-state index in [2.05, 4.69) is 5.32 Å². The van der Waals surface area contributed by atoms with Crippen LogP contribution in [0.25, 0.3) is 0 Å². The molecular weight excluding hydrogens is 480 g/mol. The number of amides is 2. The number of rotatable bonds is 6. The molecule has 0 aliphatic carbocycles. The molecule has 0 spiro atoms. The van der Waals surface area contributed by atoms with E-state index in [-0.39, 0.29) is 25.7 Å². The number of likely N-dealkylation sites (N-methyl/N-ethyl adjacent to an activating group) is 1. The number of nitrogens with one attached hydrogen (secondary N) is 1. The second-order valence-electron chi connectivity index (χ2n) is 13.0. The van der Waals surface area contributed by atoms with Crippen molar-refractivity contribution in [2.24, 2.45) is 10.8 Å². The Bertz CT molecular complexity index is 723. The molecule has 0 unspecified atom stereocenters. The maximum atomic E-state index is 11.8. The first-order valence-electron chi connectivity index (χ1n) is 11.6. The maximum absolute atomic E-state index is 11.8. The van der Waals surface area contributed by atoms with Crippen LogP contribution < -0.4 is 5.32 Å². The van der Waals surface area contributed by atoms with Gasteiger partial charge in [0.25, 0.3) is 0 Å². The van der Waals surface area contributed by atoms with Crippen LogP contribution in [0.1, 0.15) is 111 Å². The fraction of sp³-hybridized carbons (Fsp3) is 0.852. The summed E-state index contributed by atoms with van der Waals surface area (Å²) in [6, 6.07) is -1.80. The first-order chi connectivity index (χ1) is 15.2. The topological polar surface area (TPSA) is 142 Å². The van der Waals surface area contributed by atoms with E-state index >= 15 is 0 Å². The Morgan fingerprint density at radius 1 is 0.703 bits per heavy atom. The van der Waals surface area contributed by atoms with E-state index in [1.54, 1.807) is 41.5 Å². The number of nitrogens with zero attached hydrogens (tertiary/aromatic N) is 1. The molecule has 10 nitrogen and oxygen atoms in total. The minimum atomic E-state index is -1.05. The minimum Gasteiger partial charge on any atom is -0.480 e. The lowest BCUT2D eigenvalue weighted by Gasteiger charge is -2.31. The Kier molecular flexibility index (Phi) is 17.6. The van der Waals surface area contributed by atoms with Gasteiger partial charge >= 0.3 is 24.1 Å². The van der Waals surface area contributed by atoms with Crippen LogP contribution >= 0.6 is 0 Å². The van der Waals surface area contributed by atoms with Crippen molar-refractivity contribution in [3.05, 3.63) is 0 Å². The average Bonchev–Trinajstić information content (AvgIpc) is 2.53. The zero-order chi connectivity index (χ0) is 28.6. The van der Waals surface area contributed by atoms with Gasteiger partial charge < -0.3 is 25.0 Å². The summed E-state index contributed by atoms with van der Waals surface area (Å²) in [6.45, 7) is 22.0. The van der Waals surface area contributed by atoms with E-state index in [1.165, 1.54) is 7.05 Å². The largest absolute Gasteiger partial charge is 0.480 e. The van der Waals surface area contributed by atoms with Crippen molar-refractivity contribution in [3.8, 4) is 0 Å². The Balaban J connectivity index is -0.000000280. The number of hydrogen-bond donors (Lipinski definition) is 3. The fourth-order valence-electron chi connectivity index (χ4n) is 2.69. The number of ether oxygens (including phenoxy) is 2. The van der Waals surface area contributed by atoms with Gasteiger partial charge in [-0.2, -0.15) is 0 Å². The van der Waals surface area contributed by atoms with Crippen LogP contribution in [0.15, 0.2) is 0 Å². The molecule has 0 heterocycles. The van der Waals surface area contributed by atoms with Gasteiger partial charge in [-0.3, -0.25) is 4.90 Å². The van der Waals surface area contributed by atoms with E-state index in [0.29, 0.717) is 12.8 Å². The van der Waals surface area contributed by atoms with Crippen LogP contribution in [0.4, 0.5) is 9.59 Å². The molecule has 0 rings (SSSR count). The predicted molar refractivity (Wildman–Crippen MR) is 148 cm³/mol. The Hall–Kier alpha value is -2.52. The van der Waals surface area contributed by atoms with Crippen LogP contribution in [-0.4, -0.2) is 69.6 Å². The van der Waals surface area contributed by atoms with Crippen molar-refractivity contribution in [2.75, 3.05) is 7.05 Å². The number of carboxylic acid groups (broad SMARTS) is 2. The van der Waals surface area contributed by atoms with Crippen molar-refractivity contribution in [2.45, 2.75) is 134 Å². The molecule has 0 aliphatic heterocycles. The highest BCUT2D eigenvalue weighted by molar-refractivity contribution is 5.80. The highest BCUT2D eigenvalue weighted by Crippen LogP contribution is 2.24. The third-order valence-corrected chi connectivity index (χ3v) is 4.05. The van der Waals surface area contributed by atoms with Gasteiger partial charge in [0.15, 0.2) is 0 Å². The molecule has 0 radical (unpaired) electrons. The van der Waals surface area contributed by atoms with Crippen molar-refractivity contribution in [1.82, 2.24) is 10.2 Å². The number of hydrogen-bond acceptors (Lipinski definition) is 6. The molecule has 3 N–H and O–H groups in total. The lowest BCUT2D eigenvalue weighted by molar-refractivity contribution is -0.144. The summed E-state index contributed by atoms with van der Waals surface area (Å²) in [6.07, 6.45) is -0.590. The third-order valence-electron chi connectivity index (χ3n) is 4.05. The standard InChI is InChI=1S/C13H25NO4.C12H23NO4.2CH4/c1-12(2,3)8-9(10(15)16)14(7)11(17)18-13(4,5)6;1-11(2,3)7-8(9(14)15)13-10(16)17-12(4,5)6;;/h9H,8H2,1-7H3,(H,15,16);8H,7H2,1-6H3,(H,13,16)(H,14,15);2*1H4/t9-;8-;;/m00../s1. The zero-order valence-corrected chi connectivity index (χ0v) is 23.9. The molecule has 2 atom stereocenters. The number of carboxylic acids is 2. The first kappa shape index (κ1) is 41.6. The average molecular weight is 537 g/mol. The molecule has 0 saturated carbocycles. The van der Waals surface area contributed by atoms with Gasteiger partial charge in [0.2, 0.25) is 0 Å². The highest BCUT2D eigenvalue weighted by atomic mass is 16.6. The summed E-state index contributed by atoms with van der Waals surface area (Å²) in [5, 5.41) is 20.6. The predicted octanol–water partition coefficient (Wildman–Crippen LogP) is 6.42. The fourth-order valence-corrected chi connectivity index (χ4v) is 2.69. The van der Waals surface area contributed by atoms with E-state index in [0.717, 1.165) is 4.90 Å². The van der Waals surface area contributed by atoms with Gasteiger partial charge in [0.05, 0.1) is 0 Å². The minimum absolute atomic E-state index is 0. The molecule has 222 valence electrons. The van der Waals surface area contributed by atoms with Crippen LogP contribution in [-0.2, 0) is 19.1 Å². The Morgan fingerprint density at radius 3 is 1.35 bits per heavy atom. The monoisotopic (exact) mass is 536 g/mol. The van der Waals surface area contributed by atoms with Gasteiger partial charge in [-0.25, -0.2) is 19.2 Å². The second kappa shape index (κ2) is 15.7. The molecule has 0 aliphatic rings. The summed E-state index contributed by atoms with van der Waals surface area (Å²) in [7, 11) is 1.46. The van der Waals surface area contributed by atoms with E-state index in [1.807, 2.05) is 41.5 Å². The smallest absolute Gasteiger partial charge is 0.410 e. The SMILES string of the molecule is C.C.CC(C)(C)C[C@H](NC(=O)OC(C)(C)C)C(=O)O.CN(C(=O)OC(C)(C)C)[C@@H](CC(C)(C)C)C(=O)O. The molecule has 0 fully saturated rings. The summed E-state index contributed by atoms with van der Waals surface area (Å²) in [5.41, 5.74) is -1.62. The van der Waals surface area contributed by atoms with Crippen molar-refractivity contribution >= 4 is 24.1 Å². The number of aliphatic carboxylic acids is 2. The zero-order valence-electron chi connectivity index (χ0n) is 23.9. The Morgan fingerprint density at radius 2 is 1.08 bits per heavy atom. The van der Waals surface area contributed by atoms with Gasteiger partial charge in [-0.05, 0) is 65.2 Å². The molecule has 0 saturated heterocycles. The summed E-state index contributed by atoms with van der Waals surface area (Å²) in [4.78, 5) is 46.7. The van der Waals surface area contributed by atoms with Crippen LogP contribution in [0.2, 0.25) is 0 Å². The Labute approximate surface area is 225 Å². The molecule has 0 aromatic heterocycles. The molecule has 2 amide bonds. The number of carbonyl (C=O) groups is 4. The van der Waals surface area contributed by atoms with Crippen LogP contribution in [0.3, 0.4) is 0 Å². The quantitative estimate of drug-likeness (QED) is 0.353. The van der Waals surface area contributed by atoms with Crippen LogP contribution in [0, 0.1) is 10.8 Å². The van der Waals surface area contributed by atoms with E-state index in [9.17, 15) is 24.3 Å². The van der Waals surface area contributed by atoms with Crippen molar-refractivity contribution < 1.29 is 38.9 Å². The lowest BCUT2D eigenvalue weighted by atomic mass is 9.87. The number of alkyl carbamates (subject to hydrolysis) is 1. The summed E-state index contributed by atoms with van der Waals surface area (Å²) < 4.78 is 10.2. The van der Waals surface area contributed by atoms with Gasteiger partial charge in [-0.15, -0.1) is 0 Å². The summed E-state index contributed by atoms with van der Waals surface area (Å²) in [5.74, 6) is -2.07. The second-order valence-corrected chi connectivity index (χ2v) is 13.0.